The minimum Gasteiger partial charge on any atom is -0.459 e. The molecular weight excluding hydrogens is 358 g/mol. The standard InChI is InChI=1S/C21H17N3O4/c25-19-12-17(20(26)24(19)16-7-2-1-3-8-16)23(14-15-6-4-10-22-13-15)21(27)18-9-5-11-28-18/h1-11,13,17H,12,14H2. The van der Waals surface area contributed by atoms with Crippen LogP contribution >= 0.6 is 0 Å². The first-order valence-corrected chi connectivity index (χ1v) is 8.80. The molecule has 140 valence electrons. The molecule has 1 unspecified atom stereocenters. The average molecular weight is 375 g/mol. The molecule has 7 heteroatoms. The van der Waals surface area contributed by atoms with Crippen molar-refractivity contribution in [2.45, 2.75) is 19.0 Å². The number of hydrogen-bond acceptors (Lipinski definition) is 5. The monoisotopic (exact) mass is 375 g/mol. The maximum Gasteiger partial charge on any atom is 0.290 e. The van der Waals surface area contributed by atoms with Crippen LogP contribution in [0.15, 0.2) is 77.7 Å². The Labute approximate surface area is 161 Å². The lowest BCUT2D eigenvalue weighted by Gasteiger charge is -2.26. The van der Waals surface area contributed by atoms with Gasteiger partial charge in [-0.15, -0.1) is 0 Å². The fourth-order valence-corrected chi connectivity index (χ4v) is 3.26. The zero-order chi connectivity index (χ0) is 19.5. The van der Waals surface area contributed by atoms with Crippen LogP contribution in [-0.2, 0) is 16.1 Å². The smallest absolute Gasteiger partial charge is 0.290 e. The highest BCUT2D eigenvalue weighted by Gasteiger charge is 2.44. The number of nitrogens with zero attached hydrogens (tertiary/aromatic N) is 3. The van der Waals surface area contributed by atoms with E-state index in [2.05, 4.69) is 4.98 Å². The second-order valence-corrected chi connectivity index (χ2v) is 6.39. The van der Waals surface area contributed by atoms with Gasteiger partial charge in [-0.25, -0.2) is 4.90 Å². The molecule has 4 rings (SSSR count). The van der Waals surface area contributed by atoms with Crippen LogP contribution in [0, 0.1) is 0 Å². The molecule has 1 aliphatic rings. The van der Waals surface area contributed by atoms with Crippen LogP contribution in [-0.4, -0.2) is 33.6 Å². The number of para-hydroxylation sites is 1. The number of anilines is 1. The third-order valence-corrected chi connectivity index (χ3v) is 4.58. The number of hydrogen-bond donors (Lipinski definition) is 0. The second kappa shape index (κ2) is 7.48. The summed E-state index contributed by atoms with van der Waals surface area (Å²) in [6, 6.07) is 14.5. The van der Waals surface area contributed by atoms with Crippen molar-refractivity contribution in [3.05, 3.63) is 84.6 Å². The molecule has 0 bridgehead atoms. The Morgan fingerprint density at radius 1 is 1.11 bits per heavy atom. The zero-order valence-corrected chi connectivity index (χ0v) is 14.9. The van der Waals surface area contributed by atoms with Crippen LogP contribution < -0.4 is 4.90 Å². The van der Waals surface area contributed by atoms with E-state index in [4.69, 9.17) is 4.42 Å². The third-order valence-electron chi connectivity index (χ3n) is 4.58. The molecular formula is C21H17N3O4. The van der Waals surface area contributed by atoms with Gasteiger partial charge in [0.25, 0.3) is 11.8 Å². The largest absolute Gasteiger partial charge is 0.459 e. The summed E-state index contributed by atoms with van der Waals surface area (Å²) in [7, 11) is 0. The van der Waals surface area contributed by atoms with Crippen molar-refractivity contribution < 1.29 is 18.8 Å². The van der Waals surface area contributed by atoms with E-state index >= 15 is 0 Å². The molecule has 0 saturated carbocycles. The van der Waals surface area contributed by atoms with Gasteiger partial charge < -0.3 is 9.32 Å². The molecule has 3 amide bonds. The third kappa shape index (κ3) is 3.29. The van der Waals surface area contributed by atoms with Crippen molar-refractivity contribution in [3.8, 4) is 0 Å². The molecule has 1 atom stereocenters. The van der Waals surface area contributed by atoms with Crippen molar-refractivity contribution in [3.63, 3.8) is 0 Å². The quantitative estimate of drug-likeness (QED) is 0.640. The number of aromatic nitrogens is 1. The number of rotatable bonds is 5. The minimum atomic E-state index is -0.912. The van der Waals surface area contributed by atoms with E-state index in [9.17, 15) is 14.4 Å². The van der Waals surface area contributed by atoms with Gasteiger partial charge in [-0.05, 0) is 35.9 Å². The Hall–Kier alpha value is -3.74. The number of benzene rings is 1. The first kappa shape index (κ1) is 17.7. The van der Waals surface area contributed by atoms with Gasteiger partial charge in [0, 0.05) is 18.9 Å². The van der Waals surface area contributed by atoms with E-state index in [0.717, 1.165) is 10.5 Å². The van der Waals surface area contributed by atoms with E-state index < -0.39 is 17.9 Å². The van der Waals surface area contributed by atoms with Gasteiger partial charge in [0.1, 0.15) is 6.04 Å². The molecule has 7 nitrogen and oxygen atoms in total. The van der Waals surface area contributed by atoms with E-state index in [1.807, 2.05) is 6.07 Å². The number of furan rings is 1. The first-order chi connectivity index (χ1) is 13.6. The van der Waals surface area contributed by atoms with E-state index in [1.165, 1.54) is 17.2 Å². The summed E-state index contributed by atoms with van der Waals surface area (Å²) >= 11 is 0. The first-order valence-electron chi connectivity index (χ1n) is 8.80. The van der Waals surface area contributed by atoms with E-state index in [0.29, 0.717) is 5.69 Å². The summed E-state index contributed by atoms with van der Waals surface area (Å²) in [5, 5.41) is 0. The maximum absolute atomic E-state index is 13.1. The van der Waals surface area contributed by atoms with Gasteiger partial charge in [0.05, 0.1) is 18.4 Å². The highest BCUT2D eigenvalue weighted by molar-refractivity contribution is 6.23. The highest BCUT2D eigenvalue weighted by Crippen LogP contribution is 2.27. The van der Waals surface area contributed by atoms with Crippen LogP contribution in [0.4, 0.5) is 5.69 Å². The minimum absolute atomic E-state index is 0.0829. The van der Waals surface area contributed by atoms with Crippen LogP contribution in [0.1, 0.15) is 22.5 Å². The molecule has 0 N–H and O–H groups in total. The molecule has 3 heterocycles. The van der Waals surface area contributed by atoms with Crippen molar-refractivity contribution in [1.82, 2.24) is 9.88 Å². The Morgan fingerprint density at radius 2 is 1.93 bits per heavy atom. The van der Waals surface area contributed by atoms with Gasteiger partial charge in [0.2, 0.25) is 5.91 Å². The number of imide groups is 1. The summed E-state index contributed by atoms with van der Waals surface area (Å²) in [5.41, 5.74) is 1.24. The fraction of sp³-hybridized carbons (Fsp3) is 0.143. The predicted octanol–water partition coefficient (Wildman–Crippen LogP) is 2.65. The lowest BCUT2D eigenvalue weighted by molar-refractivity contribution is -0.122. The van der Waals surface area contributed by atoms with Gasteiger partial charge in [-0.2, -0.15) is 0 Å². The van der Waals surface area contributed by atoms with Crippen molar-refractivity contribution in [2.24, 2.45) is 0 Å². The van der Waals surface area contributed by atoms with Gasteiger partial charge in [-0.1, -0.05) is 24.3 Å². The Kier molecular flexibility index (Phi) is 4.72. The normalized spacial score (nSPS) is 16.4. The Morgan fingerprint density at radius 3 is 2.61 bits per heavy atom. The van der Waals surface area contributed by atoms with Gasteiger partial charge in [0.15, 0.2) is 5.76 Å². The molecule has 0 aliphatic carbocycles. The van der Waals surface area contributed by atoms with Crippen molar-refractivity contribution in [2.75, 3.05) is 4.90 Å². The second-order valence-electron chi connectivity index (χ2n) is 6.39. The van der Waals surface area contributed by atoms with Crippen LogP contribution in [0.2, 0.25) is 0 Å². The number of pyridine rings is 1. The lowest BCUT2D eigenvalue weighted by atomic mass is 10.1. The molecule has 3 aromatic rings. The summed E-state index contributed by atoms with van der Waals surface area (Å²) in [6.07, 6.45) is 4.57. The van der Waals surface area contributed by atoms with Crippen LogP contribution in [0.3, 0.4) is 0 Å². The predicted molar refractivity (Wildman–Crippen MR) is 100 cm³/mol. The molecule has 0 spiro atoms. The zero-order valence-electron chi connectivity index (χ0n) is 14.9. The van der Waals surface area contributed by atoms with Crippen LogP contribution in [0.25, 0.3) is 0 Å². The summed E-state index contributed by atoms with van der Waals surface area (Å²) < 4.78 is 5.23. The average Bonchev–Trinajstić information content (AvgIpc) is 3.35. The fourth-order valence-electron chi connectivity index (χ4n) is 3.26. The summed E-state index contributed by atoms with van der Waals surface area (Å²) in [6.45, 7) is 0.139. The van der Waals surface area contributed by atoms with Crippen molar-refractivity contribution in [1.29, 1.82) is 0 Å². The Balaban J connectivity index is 1.67. The molecule has 1 aliphatic heterocycles. The number of amides is 3. The van der Waals surface area contributed by atoms with E-state index in [1.54, 1.807) is 54.9 Å². The Bertz CT molecular complexity index is 987. The van der Waals surface area contributed by atoms with Crippen LogP contribution in [0.5, 0.6) is 0 Å². The topological polar surface area (TPSA) is 83.7 Å². The number of carbonyl (C=O) groups is 3. The summed E-state index contributed by atoms with van der Waals surface area (Å²) in [5.74, 6) is -1.11. The maximum atomic E-state index is 13.1. The molecule has 2 aromatic heterocycles. The molecule has 28 heavy (non-hydrogen) atoms. The van der Waals surface area contributed by atoms with Gasteiger partial charge >= 0.3 is 0 Å². The van der Waals surface area contributed by atoms with Gasteiger partial charge in [-0.3, -0.25) is 19.4 Å². The number of carbonyl (C=O) groups excluding carboxylic acids is 3. The molecule has 1 saturated heterocycles. The summed E-state index contributed by atoms with van der Waals surface area (Å²) in [4.78, 5) is 45.3. The lowest BCUT2D eigenvalue weighted by Crippen LogP contribution is -2.45. The van der Waals surface area contributed by atoms with E-state index in [-0.39, 0.29) is 24.6 Å². The van der Waals surface area contributed by atoms with Crippen molar-refractivity contribution >= 4 is 23.4 Å². The molecule has 1 aromatic carbocycles. The molecule has 0 radical (unpaired) electrons. The highest BCUT2D eigenvalue weighted by atomic mass is 16.3. The SMILES string of the molecule is O=C1CC(N(Cc2cccnc2)C(=O)c2ccco2)C(=O)N1c1ccccc1. The molecule has 1 fully saturated rings.